The van der Waals surface area contributed by atoms with Crippen LogP contribution >= 0.6 is 15.9 Å². The highest BCUT2D eigenvalue weighted by Gasteiger charge is 2.20. The number of alkyl halides is 1. The molecule has 5 nitrogen and oxygen atoms in total. The molecule has 0 fully saturated rings. The molecule has 3 N–H and O–H groups in total. The first-order chi connectivity index (χ1) is 9.58. The zero-order valence-corrected chi connectivity index (χ0v) is 12.6. The van der Waals surface area contributed by atoms with Crippen LogP contribution in [0.4, 0.5) is 0 Å². The number of methoxy groups -OCH3 is 1. The summed E-state index contributed by atoms with van der Waals surface area (Å²) in [6.07, 6.45) is 0.169. The molecule has 2 unspecified atom stereocenters. The first kappa shape index (κ1) is 15.0. The van der Waals surface area contributed by atoms with Crippen LogP contribution < -0.4 is 0 Å². The largest absolute Gasteiger partial charge is 0.465 e. The van der Waals surface area contributed by atoms with Crippen molar-refractivity contribution in [2.45, 2.75) is 18.6 Å². The minimum absolute atomic E-state index is 0.409. The molecule has 1 aromatic carbocycles. The van der Waals surface area contributed by atoms with Gasteiger partial charge in [0, 0.05) is 22.4 Å². The molecule has 0 aliphatic rings. The Kier molecular flexibility index (Phi) is 4.80. The van der Waals surface area contributed by atoms with Crippen molar-refractivity contribution in [1.82, 2.24) is 4.98 Å². The predicted molar refractivity (Wildman–Crippen MR) is 79.0 cm³/mol. The highest BCUT2D eigenvalue weighted by Crippen LogP contribution is 2.26. The summed E-state index contributed by atoms with van der Waals surface area (Å²) in [4.78, 5) is 14.6. The molecule has 20 heavy (non-hydrogen) atoms. The van der Waals surface area contributed by atoms with Crippen LogP contribution in [0.15, 0.2) is 24.4 Å². The normalized spacial score (nSPS) is 14.2. The summed E-state index contributed by atoms with van der Waals surface area (Å²) in [5.41, 5.74) is 1.75. The van der Waals surface area contributed by atoms with Crippen LogP contribution in [0, 0.1) is 0 Å². The summed E-state index contributed by atoms with van der Waals surface area (Å²) < 4.78 is 4.71. The summed E-state index contributed by atoms with van der Waals surface area (Å²) in [7, 11) is 1.32. The van der Waals surface area contributed by atoms with E-state index in [9.17, 15) is 15.0 Å². The molecule has 0 spiro atoms. The summed E-state index contributed by atoms with van der Waals surface area (Å²) in [5.74, 6) is -0.441. The van der Waals surface area contributed by atoms with Crippen molar-refractivity contribution in [1.29, 1.82) is 0 Å². The predicted octanol–water partition coefficient (Wildman–Crippen LogP) is 2.13. The Morgan fingerprint density at radius 1 is 1.45 bits per heavy atom. The van der Waals surface area contributed by atoms with Gasteiger partial charge in [0.15, 0.2) is 0 Å². The second-order valence-electron chi connectivity index (χ2n) is 4.49. The molecule has 0 aliphatic carbocycles. The summed E-state index contributed by atoms with van der Waals surface area (Å²) >= 11 is 3.23. The third kappa shape index (κ3) is 2.87. The standard InChI is InChI=1S/C14H16BrNO4/c1-20-14(19)10-7-16-11-3-2-8(6-9(10)11)13(18)12(17)4-5-15/h2-3,6-7,12-13,16-18H,4-5H2,1H3. The van der Waals surface area contributed by atoms with Gasteiger partial charge < -0.3 is 19.9 Å². The third-order valence-electron chi connectivity index (χ3n) is 3.22. The Morgan fingerprint density at radius 2 is 2.20 bits per heavy atom. The smallest absolute Gasteiger partial charge is 0.340 e. The maximum atomic E-state index is 11.6. The van der Waals surface area contributed by atoms with E-state index in [0.717, 1.165) is 5.52 Å². The van der Waals surface area contributed by atoms with Gasteiger partial charge in [-0.05, 0) is 24.1 Å². The van der Waals surface area contributed by atoms with Crippen LogP contribution in [-0.4, -0.2) is 39.7 Å². The van der Waals surface area contributed by atoms with E-state index in [4.69, 9.17) is 4.74 Å². The van der Waals surface area contributed by atoms with Crippen LogP contribution in [0.2, 0.25) is 0 Å². The molecular weight excluding hydrogens is 326 g/mol. The van der Waals surface area contributed by atoms with Crippen molar-refractivity contribution >= 4 is 32.8 Å². The number of halogens is 1. The molecule has 0 saturated heterocycles. The molecule has 0 bridgehead atoms. The second-order valence-corrected chi connectivity index (χ2v) is 5.28. The molecule has 2 atom stereocenters. The van der Waals surface area contributed by atoms with Crippen LogP contribution in [-0.2, 0) is 4.74 Å². The Hall–Kier alpha value is -1.37. The van der Waals surface area contributed by atoms with E-state index in [2.05, 4.69) is 20.9 Å². The Labute approximate surface area is 124 Å². The average molecular weight is 342 g/mol. The molecule has 6 heteroatoms. The minimum atomic E-state index is -0.989. The number of aromatic nitrogens is 1. The van der Waals surface area contributed by atoms with Gasteiger partial charge in [0.1, 0.15) is 6.10 Å². The Morgan fingerprint density at radius 3 is 2.85 bits per heavy atom. The number of aromatic amines is 1. The first-order valence-electron chi connectivity index (χ1n) is 6.20. The number of aliphatic hydroxyl groups excluding tert-OH is 2. The van der Waals surface area contributed by atoms with Crippen molar-refractivity contribution in [2.24, 2.45) is 0 Å². The van der Waals surface area contributed by atoms with E-state index in [1.807, 2.05) is 0 Å². The van der Waals surface area contributed by atoms with Crippen molar-refractivity contribution in [2.75, 3.05) is 12.4 Å². The number of aliphatic hydroxyl groups is 2. The number of ether oxygens (including phenoxy) is 1. The highest BCUT2D eigenvalue weighted by molar-refractivity contribution is 9.09. The fraction of sp³-hybridized carbons (Fsp3) is 0.357. The zero-order chi connectivity index (χ0) is 14.7. The Bertz CT molecular complexity index is 610. The average Bonchev–Trinajstić information content (AvgIpc) is 2.88. The number of hydrogen-bond acceptors (Lipinski definition) is 4. The lowest BCUT2D eigenvalue weighted by atomic mass is 10.0. The highest BCUT2D eigenvalue weighted by atomic mass is 79.9. The monoisotopic (exact) mass is 341 g/mol. The van der Waals surface area contributed by atoms with Crippen LogP contribution in [0.5, 0.6) is 0 Å². The van der Waals surface area contributed by atoms with Gasteiger partial charge in [-0.15, -0.1) is 0 Å². The SMILES string of the molecule is COC(=O)c1c[nH]c2ccc(C(O)C(O)CCBr)cc12. The number of rotatable bonds is 5. The molecule has 0 saturated carbocycles. The number of fused-ring (bicyclic) bond motifs is 1. The lowest BCUT2D eigenvalue weighted by molar-refractivity contribution is 0.0174. The van der Waals surface area contributed by atoms with Gasteiger partial charge in [-0.3, -0.25) is 0 Å². The molecule has 0 amide bonds. The number of nitrogens with one attached hydrogen (secondary N) is 1. The van der Waals surface area contributed by atoms with Crippen LogP contribution in [0.3, 0.4) is 0 Å². The molecule has 2 rings (SSSR count). The van der Waals surface area contributed by atoms with E-state index >= 15 is 0 Å². The zero-order valence-electron chi connectivity index (χ0n) is 11.0. The van der Waals surface area contributed by atoms with E-state index < -0.39 is 18.2 Å². The van der Waals surface area contributed by atoms with Gasteiger partial charge in [0.05, 0.1) is 18.8 Å². The summed E-state index contributed by atoms with van der Waals surface area (Å²) in [5, 5.41) is 21.2. The van der Waals surface area contributed by atoms with E-state index in [-0.39, 0.29) is 0 Å². The number of H-pyrrole nitrogens is 1. The first-order valence-corrected chi connectivity index (χ1v) is 7.32. The van der Waals surface area contributed by atoms with Crippen molar-refractivity contribution < 1.29 is 19.7 Å². The molecule has 1 aromatic heterocycles. The number of esters is 1. The van der Waals surface area contributed by atoms with Gasteiger partial charge >= 0.3 is 5.97 Å². The van der Waals surface area contributed by atoms with Gasteiger partial charge in [-0.2, -0.15) is 0 Å². The molecule has 0 radical (unpaired) electrons. The molecule has 0 aliphatic heterocycles. The van der Waals surface area contributed by atoms with Crippen LogP contribution in [0.25, 0.3) is 10.9 Å². The van der Waals surface area contributed by atoms with Gasteiger partial charge in [-0.25, -0.2) is 4.79 Å². The summed E-state index contributed by atoms with van der Waals surface area (Å²) in [6, 6.07) is 5.18. The fourth-order valence-electron chi connectivity index (χ4n) is 2.09. The molecular formula is C14H16BrNO4. The third-order valence-corrected chi connectivity index (χ3v) is 3.68. The maximum absolute atomic E-state index is 11.6. The Balaban J connectivity index is 2.39. The number of carbonyl (C=O) groups excluding carboxylic acids is 1. The molecule has 2 aromatic rings. The van der Waals surface area contributed by atoms with Gasteiger partial charge in [0.2, 0.25) is 0 Å². The van der Waals surface area contributed by atoms with Crippen molar-refractivity contribution in [3.05, 3.63) is 35.5 Å². The lowest BCUT2D eigenvalue weighted by Crippen LogP contribution is -2.18. The van der Waals surface area contributed by atoms with Crippen molar-refractivity contribution in [3.8, 4) is 0 Å². The number of hydrogen-bond donors (Lipinski definition) is 3. The fourth-order valence-corrected chi connectivity index (χ4v) is 2.56. The number of carbonyl (C=O) groups is 1. The lowest BCUT2D eigenvalue weighted by Gasteiger charge is -2.17. The topological polar surface area (TPSA) is 82.6 Å². The van der Waals surface area contributed by atoms with Gasteiger partial charge in [-0.1, -0.05) is 22.0 Å². The minimum Gasteiger partial charge on any atom is -0.465 e. The molecule has 108 valence electrons. The van der Waals surface area contributed by atoms with E-state index in [1.165, 1.54) is 7.11 Å². The van der Waals surface area contributed by atoms with Crippen molar-refractivity contribution in [3.63, 3.8) is 0 Å². The van der Waals surface area contributed by atoms with Gasteiger partial charge in [0.25, 0.3) is 0 Å². The van der Waals surface area contributed by atoms with Crippen LogP contribution in [0.1, 0.15) is 28.4 Å². The second kappa shape index (κ2) is 6.39. The summed E-state index contributed by atoms with van der Waals surface area (Å²) in [6.45, 7) is 0. The maximum Gasteiger partial charge on any atom is 0.340 e. The quantitative estimate of drug-likeness (QED) is 0.574. The van der Waals surface area contributed by atoms with E-state index in [0.29, 0.717) is 28.3 Å². The molecule has 1 heterocycles. The number of benzene rings is 1. The van der Waals surface area contributed by atoms with E-state index in [1.54, 1.807) is 24.4 Å².